The van der Waals surface area contributed by atoms with Crippen molar-refractivity contribution >= 4 is 23.2 Å². The Morgan fingerprint density at radius 3 is 2.55 bits per heavy atom. The number of nitrogens with zero attached hydrogens (tertiary/aromatic N) is 1. The van der Waals surface area contributed by atoms with Gasteiger partial charge in [0.05, 0.1) is 17.7 Å². The van der Waals surface area contributed by atoms with Crippen molar-refractivity contribution in [3.8, 4) is 5.75 Å². The molecule has 0 aliphatic rings. The van der Waals surface area contributed by atoms with Gasteiger partial charge >= 0.3 is 0 Å². The monoisotopic (exact) mass is 395 g/mol. The molecule has 0 fully saturated rings. The van der Waals surface area contributed by atoms with Crippen molar-refractivity contribution in [1.82, 2.24) is 5.32 Å². The normalized spacial score (nSPS) is 10.2. The van der Waals surface area contributed by atoms with Gasteiger partial charge in [0, 0.05) is 23.4 Å². The van der Waals surface area contributed by atoms with Crippen molar-refractivity contribution in [2.24, 2.45) is 0 Å². The number of hydrogen-bond acceptors (Lipinski definition) is 6. The number of nitrogens with one attached hydrogen (secondary N) is 2. The lowest BCUT2D eigenvalue weighted by atomic mass is 10.2. The first kappa shape index (κ1) is 19.6. The highest BCUT2D eigenvalue weighted by atomic mass is 16.6. The number of rotatable bonds is 8. The van der Waals surface area contributed by atoms with Gasteiger partial charge < -0.3 is 19.8 Å². The zero-order valence-electron chi connectivity index (χ0n) is 15.2. The summed E-state index contributed by atoms with van der Waals surface area (Å²) in [5.41, 5.74) is 0.752. The number of hydrogen-bond donors (Lipinski definition) is 2. The highest BCUT2D eigenvalue weighted by Gasteiger charge is 2.10. The van der Waals surface area contributed by atoms with E-state index in [9.17, 15) is 19.7 Å². The molecular weight excluding hydrogens is 378 g/mol. The lowest BCUT2D eigenvalue weighted by Gasteiger charge is -2.09. The van der Waals surface area contributed by atoms with Crippen LogP contribution in [0.2, 0.25) is 0 Å². The van der Waals surface area contributed by atoms with Crippen LogP contribution in [0.1, 0.15) is 16.1 Å². The Hall–Kier alpha value is -4.14. The van der Waals surface area contributed by atoms with Gasteiger partial charge in [-0.1, -0.05) is 6.07 Å². The molecule has 2 aromatic carbocycles. The summed E-state index contributed by atoms with van der Waals surface area (Å²) in [6, 6.07) is 15.3. The fourth-order valence-corrected chi connectivity index (χ4v) is 2.43. The molecule has 0 spiro atoms. The Balaban J connectivity index is 1.51. The van der Waals surface area contributed by atoms with Gasteiger partial charge in [0.2, 0.25) is 0 Å². The molecule has 29 heavy (non-hydrogen) atoms. The van der Waals surface area contributed by atoms with Crippen molar-refractivity contribution in [3.63, 3.8) is 0 Å². The van der Waals surface area contributed by atoms with Gasteiger partial charge in [-0.05, 0) is 42.5 Å². The van der Waals surface area contributed by atoms with Crippen molar-refractivity contribution in [1.29, 1.82) is 0 Å². The molecule has 1 aromatic heterocycles. The highest BCUT2D eigenvalue weighted by molar-refractivity contribution is 5.97. The number of carbonyl (C=O) groups excluding carboxylic acids is 2. The zero-order valence-corrected chi connectivity index (χ0v) is 15.2. The SMILES string of the molecule is O=C(COc1ccc([N+](=O)[O-])cc1)Nc1cccc(C(=O)NCc2ccco2)c1. The van der Waals surface area contributed by atoms with E-state index in [1.807, 2.05) is 0 Å². The Labute approximate surface area is 165 Å². The smallest absolute Gasteiger partial charge is 0.269 e. The third kappa shape index (κ3) is 5.67. The summed E-state index contributed by atoms with van der Waals surface area (Å²) < 4.78 is 10.5. The van der Waals surface area contributed by atoms with E-state index in [0.29, 0.717) is 22.8 Å². The molecular formula is C20H17N3O6. The minimum Gasteiger partial charge on any atom is -0.484 e. The van der Waals surface area contributed by atoms with Crippen molar-refractivity contribution in [3.05, 3.63) is 88.4 Å². The molecule has 0 aliphatic carbocycles. The molecule has 3 aromatic rings. The van der Waals surface area contributed by atoms with Gasteiger partial charge in [-0.25, -0.2) is 0 Å². The summed E-state index contributed by atoms with van der Waals surface area (Å²) in [6.45, 7) is -0.0295. The maximum atomic E-state index is 12.2. The zero-order chi connectivity index (χ0) is 20.6. The number of nitro benzene ring substituents is 1. The van der Waals surface area contributed by atoms with Crippen molar-refractivity contribution in [2.75, 3.05) is 11.9 Å². The lowest BCUT2D eigenvalue weighted by molar-refractivity contribution is -0.384. The highest BCUT2D eigenvalue weighted by Crippen LogP contribution is 2.17. The predicted octanol–water partition coefficient (Wildman–Crippen LogP) is 3.14. The summed E-state index contributed by atoms with van der Waals surface area (Å²) in [7, 11) is 0. The molecule has 3 rings (SSSR count). The van der Waals surface area contributed by atoms with Crippen LogP contribution in [0.5, 0.6) is 5.75 Å². The maximum Gasteiger partial charge on any atom is 0.269 e. The summed E-state index contributed by atoms with van der Waals surface area (Å²) in [4.78, 5) is 34.4. The first-order valence-corrected chi connectivity index (χ1v) is 8.59. The molecule has 2 N–H and O–H groups in total. The molecule has 0 atom stereocenters. The van der Waals surface area contributed by atoms with Crippen LogP contribution in [-0.2, 0) is 11.3 Å². The molecule has 0 unspecified atom stereocenters. The van der Waals surface area contributed by atoms with E-state index >= 15 is 0 Å². The van der Waals surface area contributed by atoms with Crippen LogP contribution in [0.25, 0.3) is 0 Å². The molecule has 0 saturated carbocycles. The summed E-state index contributed by atoms with van der Waals surface area (Å²) >= 11 is 0. The van der Waals surface area contributed by atoms with E-state index in [1.165, 1.54) is 30.5 Å². The van der Waals surface area contributed by atoms with E-state index < -0.39 is 10.8 Å². The van der Waals surface area contributed by atoms with Crippen LogP contribution in [0.4, 0.5) is 11.4 Å². The summed E-state index contributed by atoms with van der Waals surface area (Å²) in [5, 5.41) is 16.0. The number of nitro groups is 1. The van der Waals surface area contributed by atoms with Crippen LogP contribution in [0, 0.1) is 10.1 Å². The van der Waals surface area contributed by atoms with Crippen LogP contribution in [0.3, 0.4) is 0 Å². The van der Waals surface area contributed by atoms with E-state index in [0.717, 1.165) is 0 Å². The molecule has 0 bridgehead atoms. The predicted molar refractivity (Wildman–Crippen MR) is 104 cm³/mol. The minimum atomic E-state index is -0.520. The second-order valence-corrected chi connectivity index (χ2v) is 5.93. The lowest BCUT2D eigenvalue weighted by Crippen LogP contribution is -2.23. The fourth-order valence-electron chi connectivity index (χ4n) is 2.43. The molecule has 0 radical (unpaired) electrons. The van der Waals surface area contributed by atoms with Crippen molar-refractivity contribution < 1.29 is 23.7 Å². The molecule has 0 saturated heterocycles. The Morgan fingerprint density at radius 2 is 1.86 bits per heavy atom. The molecule has 9 heteroatoms. The average molecular weight is 395 g/mol. The third-order valence-electron chi connectivity index (χ3n) is 3.83. The van der Waals surface area contributed by atoms with Gasteiger partial charge in [0.1, 0.15) is 11.5 Å². The topological polar surface area (TPSA) is 124 Å². The molecule has 0 aliphatic heterocycles. The van der Waals surface area contributed by atoms with Crippen LogP contribution in [-0.4, -0.2) is 23.3 Å². The van der Waals surface area contributed by atoms with E-state index in [4.69, 9.17) is 9.15 Å². The molecule has 148 valence electrons. The van der Waals surface area contributed by atoms with Crippen LogP contribution in [0.15, 0.2) is 71.3 Å². The summed E-state index contributed by atoms with van der Waals surface area (Å²) in [6.07, 6.45) is 1.52. The standard InChI is InChI=1S/C20H17N3O6/c24-19(13-29-17-8-6-16(7-9-17)23(26)27)22-15-4-1-3-14(11-15)20(25)21-12-18-5-2-10-28-18/h1-11H,12-13H2,(H,21,25)(H,22,24). The Kier molecular flexibility index (Phi) is 6.21. The van der Waals surface area contributed by atoms with Gasteiger partial charge in [-0.2, -0.15) is 0 Å². The van der Waals surface area contributed by atoms with Crippen LogP contribution < -0.4 is 15.4 Å². The average Bonchev–Trinajstić information content (AvgIpc) is 3.24. The molecule has 9 nitrogen and oxygen atoms in total. The van der Waals surface area contributed by atoms with E-state index in [1.54, 1.807) is 36.4 Å². The molecule has 2 amide bonds. The number of benzene rings is 2. The molecule has 1 heterocycles. The fraction of sp³-hybridized carbons (Fsp3) is 0.100. The van der Waals surface area contributed by atoms with Gasteiger partial charge in [-0.3, -0.25) is 19.7 Å². The number of anilines is 1. The van der Waals surface area contributed by atoms with Crippen LogP contribution >= 0.6 is 0 Å². The number of amides is 2. The second-order valence-electron chi connectivity index (χ2n) is 5.93. The first-order chi connectivity index (χ1) is 14.0. The summed E-state index contributed by atoms with van der Waals surface area (Å²) in [5.74, 6) is 0.221. The van der Waals surface area contributed by atoms with Gasteiger partial charge in [0.25, 0.3) is 17.5 Å². The number of non-ortho nitro benzene ring substituents is 1. The van der Waals surface area contributed by atoms with E-state index in [-0.39, 0.29) is 24.7 Å². The number of ether oxygens (including phenoxy) is 1. The maximum absolute atomic E-state index is 12.2. The minimum absolute atomic E-state index is 0.0658. The van der Waals surface area contributed by atoms with E-state index in [2.05, 4.69) is 10.6 Å². The largest absolute Gasteiger partial charge is 0.484 e. The number of furan rings is 1. The van der Waals surface area contributed by atoms with Gasteiger partial charge in [-0.15, -0.1) is 0 Å². The Bertz CT molecular complexity index is 999. The first-order valence-electron chi connectivity index (χ1n) is 8.59. The van der Waals surface area contributed by atoms with Crippen molar-refractivity contribution in [2.45, 2.75) is 6.54 Å². The quantitative estimate of drug-likeness (QED) is 0.446. The van der Waals surface area contributed by atoms with Gasteiger partial charge in [0.15, 0.2) is 6.61 Å². The number of carbonyl (C=O) groups is 2. The Morgan fingerprint density at radius 1 is 1.07 bits per heavy atom. The third-order valence-corrected chi connectivity index (χ3v) is 3.83. The second kappa shape index (κ2) is 9.18.